The van der Waals surface area contributed by atoms with Crippen molar-refractivity contribution in [1.82, 2.24) is 25.1 Å². The molecule has 0 aliphatic carbocycles. The highest BCUT2D eigenvalue weighted by Gasteiger charge is 2.30. The van der Waals surface area contributed by atoms with Crippen LogP contribution in [0.1, 0.15) is 43.5 Å². The molecule has 168 valence electrons. The van der Waals surface area contributed by atoms with Crippen molar-refractivity contribution in [2.24, 2.45) is 0 Å². The highest BCUT2D eigenvalue weighted by molar-refractivity contribution is 5.86. The van der Waals surface area contributed by atoms with Gasteiger partial charge in [0, 0.05) is 54.5 Å². The van der Waals surface area contributed by atoms with E-state index in [0.717, 1.165) is 48.9 Å². The smallest absolute Gasteiger partial charge is 0.227 e. The lowest BCUT2D eigenvalue weighted by Crippen LogP contribution is -2.36. The van der Waals surface area contributed by atoms with Crippen LogP contribution in [0.15, 0.2) is 42.6 Å². The second kappa shape index (κ2) is 8.03. The fraction of sp³-hybridized carbons (Fsp3) is 0.360. The van der Waals surface area contributed by atoms with Crippen molar-refractivity contribution in [3.63, 3.8) is 0 Å². The topological polar surface area (TPSA) is 94.1 Å². The molecule has 2 aliphatic rings. The number of nitrogens with zero attached hydrogens (tertiary/aromatic N) is 6. The maximum absolute atomic E-state index is 10.3. The Hall–Kier alpha value is -3.68. The zero-order valence-corrected chi connectivity index (χ0v) is 18.7. The third-order valence-electron chi connectivity index (χ3n) is 6.91. The number of aromatic nitrogens is 5. The molecule has 1 saturated heterocycles. The maximum atomic E-state index is 10.3. The first kappa shape index (κ1) is 20.0. The van der Waals surface area contributed by atoms with Crippen molar-refractivity contribution in [2.45, 2.75) is 38.6 Å². The highest BCUT2D eigenvalue weighted by atomic mass is 16.3. The predicted molar refractivity (Wildman–Crippen MR) is 129 cm³/mol. The van der Waals surface area contributed by atoms with Crippen LogP contribution >= 0.6 is 0 Å². The summed E-state index contributed by atoms with van der Waals surface area (Å²) in [4.78, 5) is 17.7. The van der Waals surface area contributed by atoms with Crippen LogP contribution in [0.2, 0.25) is 0 Å². The molecule has 0 spiro atoms. The first-order valence-electron chi connectivity index (χ1n) is 11.7. The van der Waals surface area contributed by atoms with Gasteiger partial charge in [0.15, 0.2) is 5.65 Å². The lowest BCUT2D eigenvalue weighted by atomic mass is 9.97. The summed E-state index contributed by atoms with van der Waals surface area (Å²) in [6.07, 6.45) is 6.48. The SMILES string of the molecule is C[C@H]1c2c([nH]c3nnc(-c4ccccc4O)cc23)CCN1c1nccc(N2CCCCC2)n1. The van der Waals surface area contributed by atoms with Crippen molar-refractivity contribution >= 4 is 22.8 Å². The number of aromatic hydroxyl groups is 1. The summed E-state index contributed by atoms with van der Waals surface area (Å²) in [6, 6.07) is 11.4. The van der Waals surface area contributed by atoms with E-state index >= 15 is 0 Å². The van der Waals surface area contributed by atoms with Gasteiger partial charge in [0.2, 0.25) is 5.95 Å². The summed E-state index contributed by atoms with van der Waals surface area (Å²) in [5.74, 6) is 1.99. The Morgan fingerprint density at radius 3 is 2.73 bits per heavy atom. The molecule has 0 unspecified atom stereocenters. The minimum atomic E-state index is 0.0838. The first-order chi connectivity index (χ1) is 16.2. The molecule has 0 bridgehead atoms. The lowest BCUT2D eigenvalue weighted by Gasteiger charge is -2.35. The van der Waals surface area contributed by atoms with Crippen molar-refractivity contribution in [1.29, 1.82) is 0 Å². The fourth-order valence-electron chi connectivity index (χ4n) is 5.19. The van der Waals surface area contributed by atoms with E-state index in [0.29, 0.717) is 11.3 Å². The molecule has 0 amide bonds. The van der Waals surface area contributed by atoms with Crippen molar-refractivity contribution in [3.8, 4) is 17.0 Å². The summed E-state index contributed by atoms with van der Waals surface area (Å²) in [5.41, 5.74) is 4.50. The minimum Gasteiger partial charge on any atom is -0.507 e. The van der Waals surface area contributed by atoms with Crippen LogP contribution in [0.25, 0.3) is 22.3 Å². The van der Waals surface area contributed by atoms with Crippen LogP contribution in [-0.4, -0.2) is 49.9 Å². The molecule has 4 aromatic rings. The number of benzene rings is 1. The molecule has 0 saturated carbocycles. The second-order valence-electron chi connectivity index (χ2n) is 8.91. The number of fused-ring (bicyclic) bond motifs is 3. The molecule has 8 heteroatoms. The zero-order valence-electron chi connectivity index (χ0n) is 18.7. The van der Waals surface area contributed by atoms with Gasteiger partial charge in [-0.1, -0.05) is 12.1 Å². The van der Waals surface area contributed by atoms with E-state index in [9.17, 15) is 5.11 Å². The number of hydrogen-bond donors (Lipinski definition) is 2. The van der Waals surface area contributed by atoms with Gasteiger partial charge in [-0.25, -0.2) is 4.98 Å². The molecule has 5 heterocycles. The summed E-state index contributed by atoms with van der Waals surface area (Å²) in [5, 5.41) is 20.1. The van der Waals surface area contributed by atoms with Gasteiger partial charge in [-0.15, -0.1) is 10.2 Å². The first-order valence-corrected chi connectivity index (χ1v) is 11.7. The molecular formula is C25H27N7O. The molecule has 2 aliphatic heterocycles. The Morgan fingerprint density at radius 2 is 1.88 bits per heavy atom. The van der Waals surface area contributed by atoms with Crippen molar-refractivity contribution in [3.05, 3.63) is 53.9 Å². The number of aromatic amines is 1. The Morgan fingerprint density at radius 1 is 1.03 bits per heavy atom. The number of phenolic OH excluding ortho intramolecular Hbond substituents is 1. The third-order valence-corrected chi connectivity index (χ3v) is 6.91. The lowest BCUT2D eigenvalue weighted by molar-refractivity contribution is 0.477. The van der Waals surface area contributed by atoms with E-state index in [4.69, 9.17) is 4.98 Å². The molecule has 1 fully saturated rings. The van der Waals surface area contributed by atoms with E-state index in [-0.39, 0.29) is 11.8 Å². The van der Waals surface area contributed by atoms with Gasteiger partial charge in [0.25, 0.3) is 0 Å². The number of piperidine rings is 1. The van der Waals surface area contributed by atoms with Crippen LogP contribution < -0.4 is 9.80 Å². The largest absolute Gasteiger partial charge is 0.507 e. The summed E-state index contributed by atoms with van der Waals surface area (Å²) in [6.45, 7) is 5.16. The average molecular weight is 442 g/mol. The van der Waals surface area contributed by atoms with E-state index in [1.165, 1.54) is 30.5 Å². The molecule has 3 aromatic heterocycles. The van der Waals surface area contributed by atoms with Crippen LogP contribution in [0.3, 0.4) is 0 Å². The van der Waals surface area contributed by atoms with Gasteiger partial charge in [0.05, 0.1) is 11.7 Å². The summed E-state index contributed by atoms with van der Waals surface area (Å²) < 4.78 is 0. The van der Waals surface area contributed by atoms with Gasteiger partial charge in [-0.2, -0.15) is 4.98 Å². The maximum Gasteiger partial charge on any atom is 0.227 e. The van der Waals surface area contributed by atoms with Gasteiger partial charge < -0.3 is 19.9 Å². The molecule has 2 N–H and O–H groups in total. The number of phenols is 1. The predicted octanol–water partition coefficient (Wildman–Crippen LogP) is 4.23. The Kier molecular flexibility index (Phi) is 4.86. The number of rotatable bonds is 3. The summed E-state index contributed by atoms with van der Waals surface area (Å²) >= 11 is 0. The molecule has 6 rings (SSSR count). The number of hydrogen-bond acceptors (Lipinski definition) is 7. The van der Waals surface area contributed by atoms with Gasteiger partial charge in [0.1, 0.15) is 11.6 Å². The molecule has 1 atom stereocenters. The van der Waals surface area contributed by atoms with Gasteiger partial charge in [-0.05, 0) is 50.5 Å². The van der Waals surface area contributed by atoms with Crippen LogP contribution in [-0.2, 0) is 6.42 Å². The van der Waals surface area contributed by atoms with Crippen LogP contribution in [0, 0.1) is 0 Å². The third kappa shape index (κ3) is 3.46. The number of para-hydroxylation sites is 1. The Labute approximate surface area is 192 Å². The second-order valence-corrected chi connectivity index (χ2v) is 8.91. The fourth-order valence-corrected chi connectivity index (χ4v) is 5.19. The van der Waals surface area contributed by atoms with Gasteiger partial charge >= 0.3 is 0 Å². The Balaban J connectivity index is 1.37. The van der Waals surface area contributed by atoms with Crippen LogP contribution in [0.4, 0.5) is 11.8 Å². The highest BCUT2D eigenvalue weighted by Crippen LogP contribution is 2.38. The van der Waals surface area contributed by atoms with Crippen LogP contribution in [0.5, 0.6) is 5.75 Å². The van der Waals surface area contributed by atoms with Gasteiger partial charge in [-0.3, -0.25) is 0 Å². The summed E-state index contributed by atoms with van der Waals surface area (Å²) in [7, 11) is 0. The van der Waals surface area contributed by atoms with E-state index in [1.54, 1.807) is 12.1 Å². The monoisotopic (exact) mass is 441 g/mol. The zero-order chi connectivity index (χ0) is 22.4. The minimum absolute atomic E-state index is 0.0838. The molecule has 1 aromatic carbocycles. The molecule has 8 nitrogen and oxygen atoms in total. The van der Waals surface area contributed by atoms with E-state index < -0.39 is 0 Å². The number of H-pyrrole nitrogens is 1. The van der Waals surface area contributed by atoms with Crippen molar-refractivity contribution in [2.75, 3.05) is 29.4 Å². The van der Waals surface area contributed by atoms with Crippen molar-refractivity contribution < 1.29 is 5.11 Å². The normalized spacial score (nSPS) is 18.5. The molecule has 33 heavy (non-hydrogen) atoms. The Bertz CT molecular complexity index is 1310. The standard InChI is InChI=1S/C25H27N7O/c1-16-23-18-15-20(17-7-3-4-8-21(17)33)29-30-24(18)27-19(23)10-14-32(16)25-26-11-9-22(28-25)31-12-5-2-6-13-31/h3-4,7-9,11,15-16,33H,2,5-6,10,12-14H2,1H3,(H,27,30)/t16-/m0/s1. The molecular weight excluding hydrogens is 414 g/mol. The quantitative estimate of drug-likeness (QED) is 0.491. The number of anilines is 2. The number of nitrogens with one attached hydrogen (secondary N) is 1. The van der Waals surface area contributed by atoms with E-state index in [2.05, 4.69) is 36.9 Å². The average Bonchev–Trinajstić information content (AvgIpc) is 3.24. The molecule has 0 radical (unpaired) electrons. The van der Waals surface area contributed by atoms with E-state index in [1.807, 2.05) is 30.5 Å².